The van der Waals surface area contributed by atoms with Crippen molar-refractivity contribution in [3.63, 3.8) is 0 Å². The molecule has 2 atom stereocenters. The van der Waals surface area contributed by atoms with Gasteiger partial charge in [-0.15, -0.1) is 6.58 Å². The standard InChI is InChI=1S/C8H14O2/c1-4-7(3)10-8(5-2)6-9/h4,6-8H,1,5H2,2-3H3. The molecule has 0 aliphatic rings. The SMILES string of the molecule is C=CC(C)OC(C=O)CC. The van der Waals surface area contributed by atoms with Gasteiger partial charge in [0.2, 0.25) is 0 Å². The smallest absolute Gasteiger partial charge is 0.148 e. The van der Waals surface area contributed by atoms with Gasteiger partial charge in [0.1, 0.15) is 12.4 Å². The fourth-order valence-electron chi connectivity index (χ4n) is 0.556. The largest absolute Gasteiger partial charge is 0.364 e. The molecule has 0 aromatic carbocycles. The van der Waals surface area contributed by atoms with Crippen LogP contribution in [0.4, 0.5) is 0 Å². The molecule has 0 heterocycles. The second kappa shape index (κ2) is 5.18. The lowest BCUT2D eigenvalue weighted by Gasteiger charge is -2.12. The third-order valence-electron chi connectivity index (χ3n) is 1.28. The minimum absolute atomic E-state index is 0.0323. The summed E-state index contributed by atoms with van der Waals surface area (Å²) >= 11 is 0. The zero-order valence-corrected chi connectivity index (χ0v) is 6.54. The first-order valence-corrected chi connectivity index (χ1v) is 3.47. The third kappa shape index (κ3) is 3.41. The Bertz CT molecular complexity index is 110. The van der Waals surface area contributed by atoms with Crippen LogP contribution in [-0.2, 0) is 9.53 Å². The summed E-state index contributed by atoms with van der Waals surface area (Å²) in [5.41, 5.74) is 0. The number of carbonyl (C=O) groups excluding carboxylic acids is 1. The quantitative estimate of drug-likeness (QED) is 0.430. The lowest BCUT2D eigenvalue weighted by molar-refractivity contribution is -0.119. The Morgan fingerprint density at radius 1 is 1.70 bits per heavy atom. The van der Waals surface area contributed by atoms with Gasteiger partial charge in [-0.1, -0.05) is 13.0 Å². The topological polar surface area (TPSA) is 26.3 Å². The van der Waals surface area contributed by atoms with Crippen molar-refractivity contribution in [2.75, 3.05) is 0 Å². The van der Waals surface area contributed by atoms with E-state index in [2.05, 4.69) is 6.58 Å². The molecule has 0 saturated heterocycles. The van der Waals surface area contributed by atoms with Gasteiger partial charge in [-0.05, 0) is 13.3 Å². The molecule has 0 aromatic heterocycles. The summed E-state index contributed by atoms with van der Waals surface area (Å²) < 4.78 is 5.21. The molecule has 58 valence electrons. The fourth-order valence-corrected chi connectivity index (χ4v) is 0.556. The van der Waals surface area contributed by atoms with E-state index in [-0.39, 0.29) is 12.2 Å². The fraction of sp³-hybridized carbons (Fsp3) is 0.625. The van der Waals surface area contributed by atoms with Gasteiger partial charge in [-0.3, -0.25) is 0 Å². The van der Waals surface area contributed by atoms with Gasteiger partial charge in [0.15, 0.2) is 0 Å². The Hall–Kier alpha value is -0.630. The molecule has 0 fully saturated rings. The number of hydrogen-bond acceptors (Lipinski definition) is 2. The highest BCUT2D eigenvalue weighted by molar-refractivity contribution is 5.55. The first-order chi connectivity index (χ1) is 4.74. The van der Waals surface area contributed by atoms with Gasteiger partial charge >= 0.3 is 0 Å². The summed E-state index contributed by atoms with van der Waals surface area (Å²) in [4.78, 5) is 10.2. The van der Waals surface area contributed by atoms with Crippen LogP contribution < -0.4 is 0 Å². The third-order valence-corrected chi connectivity index (χ3v) is 1.28. The maximum Gasteiger partial charge on any atom is 0.148 e. The molecule has 0 radical (unpaired) electrons. The van der Waals surface area contributed by atoms with Crippen LogP contribution >= 0.6 is 0 Å². The Balaban J connectivity index is 3.61. The van der Waals surface area contributed by atoms with Crippen LogP contribution in [0.5, 0.6) is 0 Å². The Morgan fingerprint density at radius 3 is 2.60 bits per heavy atom. The van der Waals surface area contributed by atoms with E-state index in [1.54, 1.807) is 6.08 Å². The molecule has 0 spiro atoms. The predicted octanol–water partition coefficient (Wildman–Crippen LogP) is 1.55. The van der Waals surface area contributed by atoms with Gasteiger partial charge in [0, 0.05) is 0 Å². The van der Waals surface area contributed by atoms with Crippen molar-refractivity contribution >= 4 is 6.29 Å². The molecule has 0 N–H and O–H groups in total. The van der Waals surface area contributed by atoms with E-state index in [0.29, 0.717) is 0 Å². The molecular weight excluding hydrogens is 128 g/mol. The second-order valence-corrected chi connectivity index (χ2v) is 2.16. The second-order valence-electron chi connectivity index (χ2n) is 2.16. The Morgan fingerprint density at radius 2 is 2.30 bits per heavy atom. The summed E-state index contributed by atoms with van der Waals surface area (Å²) in [6.07, 6.45) is 2.91. The van der Waals surface area contributed by atoms with Crippen molar-refractivity contribution in [3.8, 4) is 0 Å². The maximum absolute atomic E-state index is 10.2. The minimum Gasteiger partial charge on any atom is -0.364 e. The average molecular weight is 142 g/mol. The number of ether oxygens (including phenoxy) is 1. The zero-order chi connectivity index (χ0) is 7.98. The lowest BCUT2D eigenvalue weighted by Crippen LogP contribution is -2.18. The van der Waals surface area contributed by atoms with Crippen LogP contribution in [0.2, 0.25) is 0 Å². The molecule has 0 aromatic rings. The van der Waals surface area contributed by atoms with Crippen molar-refractivity contribution in [1.29, 1.82) is 0 Å². The van der Waals surface area contributed by atoms with Crippen LogP contribution in [-0.4, -0.2) is 18.5 Å². The Labute approximate surface area is 61.9 Å². The summed E-state index contributed by atoms with van der Waals surface area (Å²) in [6.45, 7) is 7.31. The average Bonchev–Trinajstić information content (AvgIpc) is 1.99. The van der Waals surface area contributed by atoms with Crippen molar-refractivity contribution in [2.45, 2.75) is 32.5 Å². The van der Waals surface area contributed by atoms with Crippen molar-refractivity contribution in [3.05, 3.63) is 12.7 Å². The van der Waals surface area contributed by atoms with Crippen LogP contribution in [0.15, 0.2) is 12.7 Å². The highest BCUT2D eigenvalue weighted by atomic mass is 16.5. The van der Waals surface area contributed by atoms with E-state index in [1.165, 1.54) is 0 Å². The molecule has 0 rings (SSSR count). The minimum atomic E-state index is -0.270. The van der Waals surface area contributed by atoms with Crippen molar-refractivity contribution < 1.29 is 9.53 Å². The first kappa shape index (κ1) is 9.37. The van der Waals surface area contributed by atoms with E-state index < -0.39 is 0 Å². The number of carbonyl (C=O) groups is 1. The van der Waals surface area contributed by atoms with Crippen LogP contribution in [0.25, 0.3) is 0 Å². The van der Waals surface area contributed by atoms with Crippen molar-refractivity contribution in [2.24, 2.45) is 0 Å². The van der Waals surface area contributed by atoms with E-state index in [4.69, 9.17) is 4.74 Å². The highest BCUT2D eigenvalue weighted by Gasteiger charge is 2.06. The van der Waals surface area contributed by atoms with Gasteiger partial charge in [-0.25, -0.2) is 0 Å². The first-order valence-electron chi connectivity index (χ1n) is 3.47. The van der Waals surface area contributed by atoms with Crippen LogP contribution in [0.1, 0.15) is 20.3 Å². The molecule has 2 heteroatoms. The van der Waals surface area contributed by atoms with E-state index in [0.717, 1.165) is 12.7 Å². The molecular formula is C8H14O2. The monoisotopic (exact) mass is 142 g/mol. The number of rotatable bonds is 5. The molecule has 10 heavy (non-hydrogen) atoms. The van der Waals surface area contributed by atoms with Crippen LogP contribution in [0.3, 0.4) is 0 Å². The molecule has 2 unspecified atom stereocenters. The molecule has 0 aliphatic carbocycles. The van der Waals surface area contributed by atoms with Crippen LogP contribution in [0, 0.1) is 0 Å². The van der Waals surface area contributed by atoms with Crippen molar-refractivity contribution in [1.82, 2.24) is 0 Å². The van der Waals surface area contributed by atoms with E-state index in [1.807, 2.05) is 13.8 Å². The molecule has 0 saturated carbocycles. The predicted molar refractivity (Wildman–Crippen MR) is 40.9 cm³/mol. The zero-order valence-electron chi connectivity index (χ0n) is 6.54. The highest BCUT2D eigenvalue weighted by Crippen LogP contribution is 1.99. The Kier molecular flexibility index (Phi) is 4.85. The summed E-state index contributed by atoms with van der Waals surface area (Å²) in [5.74, 6) is 0. The molecule has 2 nitrogen and oxygen atoms in total. The van der Waals surface area contributed by atoms with Gasteiger partial charge in [0.25, 0.3) is 0 Å². The maximum atomic E-state index is 10.2. The van der Waals surface area contributed by atoms with E-state index in [9.17, 15) is 4.79 Å². The summed E-state index contributed by atoms with van der Waals surface area (Å²) in [7, 11) is 0. The number of aldehydes is 1. The normalized spacial score (nSPS) is 15.8. The molecule has 0 bridgehead atoms. The van der Waals surface area contributed by atoms with Gasteiger partial charge < -0.3 is 9.53 Å². The molecule has 0 aliphatic heterocycles. The lowest BCUT2D eigenvalue weighted by atomic mass is 10.3. The van der Waals surface area contributed by atoms with Gasteiger partial charge in [0.05, 0.1) is 6.10 Å². The molecule has 0 amide bonds. The number of hydrogen-bond donors (Lipinski definition) is 0. The summed E-state index contributed by atoms with van der Waals surface area (Å²) in [5, 5.41) is 0. The summed E-state index contributed by atoms with van der Waals surface area (Å²) in [6, 6.07) is 0. The van der Waals surface area contributed by atoms with Gasteiger partial charge in [-0.2, -0.15) is 0 Å². The van der Waals surface area contributed by atoms with E-state index >= 15 is 0 Å².